The minimum Gasteiger partial charge on any atom is -0.462 e. The van der Waals surface area contributed by atoms with Gasteiger partial charge in [0, 0.05) is 6.42 Å². The fourth-order valence-corrected chi connectivity index (χ4v) is 9.90. The molecule has 3 N–H and O–H groups in total. The molecule has 0 aromatic rings. The fraction of sp³-hybridized carbons (Fsp3) is 0.935. The monoisotopic (exact) mass is 960 g/mol. The number of hydrogen-bond acceptors (Lipinski definition) is 5. The van der Waals surface area contributed by atoms with Gasteiger partial charge in [0.05, 0.1) is 25.2 Å². The van der Waals surface area contributed by atoms with Crippen molar-refractivity contribution in [3.8, 4) is 0 Å². The molecule has 404 valence electrons. The van der Waals surface area contributed by atoms with Gasteiger partial charge in [-0.1, -0.05) is 296 Å². The van der Waals surface area contributed by atoms with Gasteiger partial charge in [0.1, 0.15) is 6.10 Å². The lowest BCUT2D eigenvalue weighted by Crippen LogP contribution is -2.46. The number of ether oxygens (including phenoxy) is 1. The lowest BCUT2D eigenvalue weighted by atomic mass is 10.0. The molecule has 0 saturated carbocycles. The van der Waals surface area contributed by atoms with Crippen LogP contribution in [-0.4, -0.2) is 46.9 Å². The number of aliphatic hydroxyl groups excluding tert-OH is 2. The molecule has 0 aromatic heterocycles. The number of carbonyl (C=O) groups excluding carboxylic acids is 2. The highest BCUT2D eigenvalue weighted by Gasteiger charge is 2.24. The zero-order valence-corrected chi connectivity index (χ0v) is 46.3. The number of amides is 1. The van der Waals surface area contributed by atoms with Crippen LogP contribution < -0.4 is 5.32 Å². The first-order valence-electron chi connectivity index (χ1n) is 30.9. The Morgan fingerprint density at radius 3 is 1.04 bits per heavy atom. The SMILES string of the molecule is CCCCCCCC/C=C/CCCCCCCCCCCC(=O)OC(CCCCCCCCCCCCCCCCCCC)CC(=O)NC(CO)C(O)CCCCCCCCCCCCCCC. The minimum atomic E-state index is -0.783. The zero-order chi connectivity index (χ0) is 49.5. The van der Waals surface area contributed by atoms with E-state index in [0.717, 1.165) is 44.9 Å². The molecular formula is C62H121NO5. The second-order valence-corrected chi connectivity index (χ2v) is 21.5. The van der Waals surface area contributed by atoms with Gasteiger partial charge in [0.25, 0.3) is 0 Å². The van der Waals surface area contributed by atoms with Crippen molar-refractivity contribution in [3.05, 3.63) is 12.2 Å². The third-order valence-electron chi connectivity index (χ3n) is 14.6. The first-order chi connectivity index (χ1) is 33.5. The van der Waals surface area contributed by atoms with Crippen LogP contribution in [0.3, 0.4) is 0 Å². The molecule has 3 unspecified atom stereocenters. The Labute approximate surface area is 425 Å². The second-order valence-electron chi connectivity index (χ2n) is 21.5. The lowest BCUT2D eigenvalue weighted by Gasteiger charge is -2.24. The lowest BCUT2D eigenvalue weighted by molar-refractivity contribution is -0.151. The van der Waals surface area contributed by atoms with Crippen LogP contribution in [0.15, 0.2) is 12.2 Å². The number of nitrogens with one attached hydrogen (secondary N) is 1. The highest BCUT2D eigenvalue weighted by atomic mass is 16.5. The van der Waals surface area contributed by atoms with E-state index in [-0.39, 0.29) is 24.9 Å². The minimum absolute atomic E-state index is 0.0854. The van der Waals surface area contributed by atoms with Crippen LogP contribution >= 0.6 is 0 Å². The van der Waals surface area contributed by atoms with Gasteiger partial charge < -0.3 is 20.3 Å². The Hall–Kier alpha value is -1.40. The van der Waals surface area contributed by atoms with Crippen molar-refractivity contribution < 1.29 is 24.5 Å². The van der Waals surface area contributed by atoms with Gasteiger partial charge in [-0.3, -0.25) is 9.59 Å². The van der Waals surface area contributed by atoms with Crippen molar-refractivity contribution >= 4 is 11.9 Å². The molecule has 6 heteroatoms. The summed E-state index contributed by atoms with van der Waals surface area (Å²) in [6.45, 7) is 6.53. The molecular weight excluding hydrogens is 839 g/mol. The molecule has 0 aliphatic rings. The van der Waals surface area contributed by atoms with E-state index in [0.29, 0.717) is 19.3 Å². The van der Waals surface area contributed by atoms with Gasteiger partial charge in [-0.05, 0) is 51.4 Å². The zero-order valence-electron chi connectivity index (χ0n) is 46.3. The average Bonchev–Trinajstić information content (AvgIpc) is 3.33. The van der Waals surface area contributed by atoms with E-state index in [2.05, 4.69) is 38.2 Å². The van der Waals surface area contributed by atoms with Gasteiger partial charge in [-0.25, -0.2) is 0 Å². The van der Waals surface area contributed by atoms with E-state index in [4.69, 9.17) is 4.74 Å². The highest BCUT2D eigenvalue weighted by Crippen LogP contribution is 2.19. The Bertz CT molecular complexity index is 1030. The van der Waals surface area contributed by atoms with E-state index in [1.807, 2.05) is 0 Å². The summed E-state index contributed by atoms with van der Waals surface area (Å²) in [5, 5.41) is 23.9. The Balaban J connectivity index is 4.49. The van der Waals surface area contributed by atoms with Gasteiger partial charge in [0.15, 0.2) is 0 Å². The predicted octanol–water partition coefficient (Wildman–Crippen LogP) is 19.2. The van der Waals surface area contributed by atoms with Crippen molar-refractivity contribution in [1.82, 2.24) is 5.32 Å². The molecule has 0 spiro atoms. The summed E-state index contributed by atoms with van der Waals surface area (Å²) >= 11 is 0. The quantitative estimate of drug-likeness (QED) is 0.0321. The standard InChI is InChI=1S/C62H121NO5/c1-4-7-10-13-16-19-22-25-27-29-30-32-34-37-40-43-46-49-52-55-62(67)68-58(53-50-47-44-41-38-36-33-31-28-26-23-20-17-14-11-8-5-2)56-61(66)63-59(57-64)60(65)54-51-48-45-42-39-35-24-21-18-15-12-9-6-3/h25,27,58-60,64-65H,4-24,26,28-57H2,1-3H3,(H,63,66)/b27-25+. The molecule has 0 aliphatic heterocycles. The Kier molecular flexibility index (Phi) is 55.3. The number of rotatable bonds is 57. The highest BCUT2D eigenvalue weighted by molar-refractivity contribution is 5.77. The van der Waals surface area contributed by atoms with E-state index in [9.17, 15) is 19.8 Å². The van der Waals surface area contributed by atoms with E-state index in [1.165, 1.54) is 257 Å². The topological polar surface area (TPSA) is 95.9 Å². The van der Waals surface area contributed by atoms with Crippen LogP contribution in [0.1, 0.15) is 348 Å². The number of aliphatic hydroxyl groups is 2. The van der Waals surface area contributed by atoms with Crippen LogP contribution in [0.2, 0.25) is 0 Å². The van der Waals surface area contributed by atoms with Crippen molar-refractivity contribution in [2.45, 2.75) is 366 Å². The largest absolute Gasteiger partial charge is 0.462 e. The smallest absolute Gasteiger partial charge is 0.306 e. The predicted molar refractivity (Wildman–Crippen MR) is 297 cm³/mol. The van der Waals surface area contributed by atoms with Crippen molar-refractivity contribution in [3.63, 3.8) is 0 Å². The maximum atomic E-state index is 13.3. The molecule has 0 fully saturated rings. The van der Waals surface area contributed by atoms with Gasteiger partial charge in [-0.15, -0.1) is 0 Å². The summed E-state index contributed by atoms with van der Waals surface area (Å²) in [5.74, 6) is -0.449. The van der Waals surface area contributed by atoms with Gasteiger partial charge in [-0.2, -0.15) is 0 Å². The van der Waals surface area contributed by atoms with Crippen LogP contribution in [0.25, 0.3) is 0 Å². The summed E-state index contributed by atoms with van der Waals surface area (Å²) < 4.78 is 5.99. The Morgan fingerprint density at radius 1 is 0.412 bits per heavy atom. The molecule has 0 rings (SSSR count). The molecule has 0 radical (unpaired) electrons. The molecule has 0 bridgehead atoms. The van der Waals surface area contributed by atoms with Gasteiger partial charge in [0.2, 0.25) is 5.91 Å². The van der Waals surface area contributed by atoms with Gasteiger partial charge >= 0.3 is 5.97 Å². The first kappa shape index (κ1) is 66.6. The molecule has 3 atom stereocenters. The van der Waals surface area contributed by atoms with Crippen LogP contribution in [0, 0.1) is 0 Å². The fourth-order valence-electron chi connectivity index (χ4n) is 9.90. The second kappa shape index (κ2) is 56.5. The third-order valence-corrected chi connectivity index (χ3v) is 14.6. The molecule has 68 heavy (non-hydrogen) atoms. The molecule has 6 nitrogen and oxygen atoms in total. The number of unbranched alkanes of at least 4 members (excludes halogenated alkanes) is 43. The number of allylic oxidation sites excluding steroid dienone is 2. The summed E-state index contributed by atoms with van der Waals surface area (Å²) in [4.78, 5) is 26.3. The third kappa shape index (κ3) is 51.0. The number of carbonyl (C=O) groups is 2. The van der Waals surface area contributed by atoms with E-state index in [1.54, 1.807) is 0 Å². The average molecular weight is 961 g/mol. The molecule has 1 amide bonds. The summed E-state index contributed by atoms with van der Waals surface area (Å²) in [5.41, 5.74) is 0. The Morgan fingerprint density at radius 2 is 0.706 bits per heavy atom. The summed E-state index contributed by atoms with van der Waals surface area (Å²) in [7, 11) is 0. The van der Waals surface area contributed by atoms with Crippen molar-refractivity contribution in [2.75, 3.05) is 6.61 Å². The normalized spacial score (nSPS) is 13.1. The summed E-state index contributed by atoms with van der Waals surface area (Å²) in [6.07, 6.45) is 65.7. The van der Waals surface area contributed by atoms with E-state index >= 15 is 0 Å². The van der Waals surface area contributed by atoms with Crippen LogP contribution in [-0.2, 0) is 14.3 Å². The first-order valence-corrected chi connectivity index (χ1v) is 30.9. The van der Waals surface area contributed by atoms with Crippen LogP contribution in [0.4, 0.5) is 0 Å². The molecule has 0 aliphatic carbocycles. The van der Waals surface area contributed by atoms with Crippen LogP contribution in [0.5, 0.6) is 0 Å². The van der Waals surface area contributed by atoms with Crippen molar-refractivity contribution in [2.24, 2.45) is 0 Å². The summed E-state index contributed by atoms with van der Waals surface area (Å²) in [6, 6.07) is -0.696. The molecule has 0 saturated heterocycles. The maximum Gasteiger partial charge on any atom is 0.306 e. The number of esters is 1. The molecule has 0 aromatic carbocycles. The van der Waals surface area contributed by atoms with E-state index < -0.39 is 18.2 Å². The number of hydrogen-bond donors (Lipinski definition) is 3. The maximum absolute atomic E-state index is 13.3. The molecule has 0 heterocycles. The van der Waals surface area contributed by atoms with Crippen molar-refractivity contribution in [1.29, 1.82) is 0 Å².